The van der Waals surface area contributed by atoms with E-state index in [1.165, 1.54) is 12.1 Å². The summed E-state index contributed by atoms with van der Waals surface area (Å²) in [4.78, 5) is 25.7. The van der Waals surface area contributed by atoms with Crippen molar-refractivity contribution in [3.63, 3.8) is 0 Å². The molecular formula is C19H17Cl3N2O5S. The lowest BCUT2D eigenvalue weighted by Crippen LogP contribution is -2.32. The molecule has 0 aliphatic carbocycles. The number of carbonyl (C=O) groups is 2. The van der Waals surface area contributed by atoms with Crippen LogP contribution < -0.4 is 4.72 Å². The van der Waals surface area contributed by atoms with Gasteiger partial charge in [-0.05, 0) is 43.2 Å². The van der Waals surface area contributed by atoms with Crippen molar-refractivity contribution >= 4 is 62.4 Å². The molecule has 0 saturated carbocycles. The highest BCUT2D eigenvalue weighted by atomic mass is 35.5. The minimum Gasteiger partial charge on any atom is -0.452 e. The van der Waals surface area contributed by atoms with Gasteiger partial charge in [0.15, 0.2) is 6.61 Å². The van der Waals surface area contributed by atoms with E-state index in [1.54, 1.807) is 17.0 Å². The van der Waals surface area contributed by atoms with E-state index in [4.69, 9.17) is 39.5 Å². The lowest BCUT2D eigenvalue weighted by atomic mass is 10.2. The summed E-state index contributed by atoms with van der Waals surface area (Å²) in [5, 5.41) is 0.0592. The summed E-state index contributed by atoms with van der Waals surface area (Å²) in [6.07, 6.45) is 1.81. The molecule has 7 nitrogen and oxygen atoms in total. The third-order valence-corrected chi connectivity index (χ3v) is 6.79. The lowest BCUT2D eigenvalue weighted by Gasteiger charge is -2.15. The monoisotopic (exact) mass is 490 g/mol. The van der Waals surface area contributed by atoms with Crippen molar-refractivity contribution in [3.05, 3.63) is 57.0 Å². The number of esters is 1. The number of sulfonamides is 1. The van der Waals surface area contributed by atoms with E-state index >= 15 is 0 Å². The summed E-state index contributed by atoms with van der Waals surface area (Å²) >= 11 is 18.0. The van der Waals surface area contributed by atoms with Crippen molar-refractivity contribution in [3.8, 4) is 0 Å². The first kappa shape index (κ1) is 22.7. The Morgan fingerprint density at radius 2 is 1.73 bits per heavy atom. The fraction of sp³-hybridized carbons (Fsp3) is 0.263. The number of carbonyl (C=O) groups excluding carboxylic acids is 2. The number of rotatable bonds is 6. The van der Waals surface area contributed by atoms with Gasteiger partial charge in [0.25, 0.3) is 15.9 Å². The SMILES string of the molecule is O=C(OCC(=O)N1CCCC1)c1cc(S(=O)(=O)Nc2cccc(Cl)c2)c(Cl)cc1Cl. The lowest BCUT2D eigenvalue weighted by molar-refractivity contribution is -0.133. The topological polar surface area (TPSA) is 92.8 Å². The third-order valence-electron chi connectivity index (χ3n) is 4.39. The highest BCUT2D eigenvalue weighted by Crippen LogP contribution is 2.31. The Bertz CT molecular complexity index is 1090. The summed E-state index contributed by atoms with van der Waals surface area (Å²) in [6.45, 7) is 0.784. The molecule has 0 atom stereocenters. The molecule has 0 unspecified atom stereocenters. The van der Waals surface area contributed by atoms with E-state index in [0.717, 1.165) is 25.0 Å². The zero-order valence-electron chi connectivity index (χ0n) is 15.5. The summed E-state index contributed by atoms with van der Waals surface area (Å²) < 4.78 is 32.9. The van der Waals surface area contributed by atoms with Crippen LogP contribution in [0.4, 0.5) is 5.69 Å². The van der Waals surface area contributed by atoms with Gasteiger partial charge in [-0.25, -0.2) is 13.2 Å². The molecule has 2 aromatic carbocycles. The van der Waals surface area contributed by atoms with Crippen LogP contribution in [0.2, 0.25) is 15.1 Å². The molecule has 3 rings (SSSR count). The molecule has 160 valence electrons. The van der Waals surface area contributed by atoms with Crippen molar-refractivity contribution in [2.75, 3.05) is 24.4 Å². The summed E-state index contributed by atoms with van der Waals surface area (Å²) in [5.74, 6) is -1.25. The molecule has 1 N–H and O–H groups in total. The molecule has 0 spiro atoms. The number of hydrogen-bond donors (Lipinski definition) is 1. The van der Waals surface area contributed by atoms with Crippen LogP contribution in [0.15, 0.2) is 41.3 Å². The zero-order chi connectivity index (χ0) is 21.9. The predicted octanol–water partition coefficient (Wildman–Crippen LogP) is 4.23. The number of halogens is 3. The standard InChI is InChI=1S/C19H17Cl3N2O5S/c20-12-4-3-5-13(8-12)23-30(27,28)17-9-14(15(21)10-16(17)22)19(26)29-11-18(25)24-6-1-2-7-24/h3-5,8-10,23H,1-2,6-7,11H2. The first-order valence-electron chi connectivity index (χ1n) is 8.90. The molecule has 11 heteroatoms. The third kappa shape index (κ3) is 5.37. The highest BCUT2D eigenvalue weighted by Gasteiger charge is 2.25. The van der Waals surface area contributed by atoms with E-state index in [1.807, 2.05) is 0 Å². The first-order valence-corrected chi connectivity index (χ1v) is 11.5. The Kier molecular flexibility index (Phi) is 7.13. The Labute approximate surface area is 188 Å². The Morgan fingerprint density at radius 3 is 2.40 bits per heavy atom. The van der Waals surface area contributed by atoms with Crippen LogP contribution in [-0.2, 0) is 19.6 Å². The minimum atomic E-state index is -4.16. The first-order chi connectivity index (χ1) is 14.2. The van der Waals surface area contributed by atoms with Crippen LogP contribution in [0.25, 0.3) is 0 Å². The number of nitrogens with zero attached hydrogens (tertiary/aromatic N) is 1. The molecule has 1 heterocycles. The second-order valence-corrected chi connectivity index (χ2v) is 9.44. The van der Waals surface area contributed by atoms with Crippen LogP contribution >= 0.6 is 34.8 Å². The predicted molar refractivity (Wildman–Crippen MR) is 115 cm³/mol. The van der Waals surface area contributed by atoms with Gasteiger partial charge in [0, 0.05) is 18.1 Å². The molecule has 1 fully saturated rings. The normalized spacial score (nSPS) is 13.9. The fourth-order valence-corrected chi connectivity index (χ4v) is 5.01. The van der Waals surface area contributed by atoms with Gasteiger partial charge in [-0.3, -0.25) is 9.52 Å². The number of benzene rings is 2. The number of likely N-dealkylation sites (tertiary alicyclic amines) is 1. The van der Waals surface area contributed by atoms with E-state index in [2.05, 4.69) is 4.72 Å². The second-order valence-electron chi connectivity index (χ2n) is 6.54. The van der Waals surface area contributed by atoms with Gasteiger partial charge in [-0.1, -0.05) is 40.9 Å². The fourth-order valence-electron chi connectivity index (χ4n) is 2.92. The highest BCUT2D eigenvalue weighted by molar-refractivity contribution is 7.92. The van der Waals surface area contributed by atoms with Gasteiger partial charge < -0.3 is 9.64 Å². The van der Waals surface area contributed by atoms with Crippen LogP contribution in [0.5, 0.6) is 0 Å². The Balaban J connectivity index is 1.80. The summed E-state index contributed by atoms with van der Waals surface area (Å²) in [7, 11) is -4.16. The minimum absolute atomic E-state index is 0.0969. The van der Waals surface area contributed by atoms with E-state index in [0.29, 0.717) is 18.1 Å². The van der Waals surface area contributed by atoms with Gasteiger partial charge in [-0.15, -0.1) is 0 Å². The van der Waals surface area contributed by atoms with E-state index in [9.17, 15) is 18.0 Å². The Hall–Kier alpha value is -2.00. The Morgan fingerprint density at radius 1 is 1.03 bits per heavy atom. The molecule has 1 saturated heterocycles. The molecule has 0 radical (unpaired) electrons. The number of hydrogen-bond acceptors (Lipinski definition) is 5. The smallest absolute Gasteiger partial charge is 0.340 e. The summed E-state index contributed by atoms with van der Waals surface area (Å²) in [6, 6.07) is 8.24. The molecule has 0 bridgehead atoms. The number of anilines is 1. The van der Waals surface area contributed by atoms with Crippen LogP contribution in [0.3, 0.4) is 0 Å². The van der Waals surface area contributed by atoms with Gasteiger partial charge in [-0.2, -0.15) is 0 Å². The van der Waals surface area contributed by atoms with E-state index in [-0.39, 0.29) is 32.1 Å². The molecule has 30 heavy (non-hydrogen) atoms. The quantitative estimate of drug-likeness (QED) is 0.611. The van der Waals surface area contributed by atoms with Gasteiger partial charge in [0.1, 0.15) is 4.90 Å². The van der Waals surface area contributed by atoms with Gasteiger partial charge >= 0.3 is 5.97 Å². The van der Waals surface area contributed by atoms with Crippen molar-refractivity contribution in [2.24, 2.45) is 0 Å². The molecule has 1 aliphatic rings. The van der Waals surface area contributed by atoms with Crippen molar-refractivity contribution in [1.82, 2.24) is 4.90 Å². The number of amides is 1. The largest absolute Gasteiger partial charge is 0.452 e. The van der Waals surface area contributed by atoms with Crippen LogP contribution in [-0.4, -0.2) is 44.9 Å². The second kappa shape index (κ2) is 9.43. The van der Waals surface area contributed by atoms with E-state index < -0.39 is 22.6 Å². The van der Waals surface area contributed by atoms with Gasteiger partial charge in [0.05, 0.1) is 21.3 Å². The van der Waals surface area contributed by atoms with Crippen molar-refractivity contribution in [2.45, 2.75) is 17.7 Å². The van der Waals surface area contributed by atoms with Crippen LogP contribution in [0, 0.1) is 0 Å². The number of nitrogens with one attached hydrogen (secondary N) is 1. The van der Waals surface area contributed by atoms with Crippen LogP contribution in [0.1, 0.15) is 23.2 Å². The average molecular weight is 492 g/mol. The van der Waals surface area contributed by atoms with Gasteiger partial charge in [0.2, 0.25) is 0 Å². The van der Waals surface area contributed by atoms with Crippen molar-refractivity contribution < 1.29 is 22.7 Å². The number of ether oxygens (including phenoxy) is 1. The molecule has 2 aromatic rings. The summed E-state index contributed by atoms with van der Waals surface area (Å²) in [5.41, 5.74) is -0.00406. The maximum absolute atomic E-state index is 12.8. The maximum Gasteiger partial charge on any atom is 0.340 e. The average Bonchev–Trinajstić information content (AvgIpc) is 3.20. The maximum atomic E-state index is 12.8. The van der Waals surface area contributed by atoms with Crippen molar-refractivity contribution in [1.29, 1.82) is 0 Å². The molecule has 1 aliphatic heterocycles. The molecular weight excluding hydrogens is 475 g/mol. The molecule has 0 aromatic heterocycles. The molecule has 1 amide bonds. The zero-order valence-corrected chi connectivity index (χ0v) is 18.6.